The van der Waals surface area contributed by atoms with Crippen molar-refractivity contribution in [3.63, 3.8) is 0 Å². The van der Waals surface area contributed by atoms with Crippen molar-refractivity contribution in [3.8, 4) is 39.3 Å². The van der Waals surface area contributed by atoms with E-state index in [1.807, 2.05) is 18.2 Å². The van der Waals surface area contributed by atoms with Crippen molar-refractivity contribution in [1.29, 1.82) is 0 Å². The third kappa shape index (κ3) is 4.73. The lowest BCUT2D eigenvalue weighted by Gasteiger charge is -2.14. The predicted molar refractivity (Wildman–Crippen MR) is 240 cm³/mol. The maximum Gasteiger partial charge on any atom is 0.0782 e. The zero-order valence-electron chi connectivity index (χ0n) is 50.4. The summed E-state index contributed by atoms with van der Waals surface area (Å²) in [5.41, 5.74) is -1.55. The molecule has 0 aliphatic carbocycles. The van der Waals surface area contributed by atoms with E-state index < -0.39 is 166 Å². The van der Waals surface area contributed by atoms with Crippen LogP contribution in [0.3, 0.4) is 0 Å². The fourth-order valence-electron chi connectivity index (χ4n) is 7.83. The molecule has 0 spiro atoms. The number of hydrogen-bond donors (Lipinski definition) is 0. The third-order valence-electron chi connectivity index (χ3n) is 10.2. The van der Waals surface area contributed by atoms with Crippen LogP contribution in [0, 0.1) is 0 Å². The predicted octanol–water partition coefficient (Wildman–Crippen LogP) is 14.3. The molecule has 9 aromatic carbocycles. The van der Waals surface area contributed by atoms with E-state index in [9.17, 15) is 19.2 Å². The van der Waals surface area contributed by atoms with Crippen LogP contribution in [0.1, 0.15) is 28.8 Å². The van der Waals surface area contributed by atoms with Gasteiger partial charge in [0.15, 0.2) is 0 Å². The van der Waals surface area contributed by atoms with Gasteiger partial charge in [-0.1, -0.05) is 145 Å². The molecule has 3 aromatic heterocycles. The number of nitrogens with zero attached hydrogens (tertiary/aromatic N) is 3. The second-order valence-corrected chi connectivity index (χ2v) is 13.3. The van der Waals surface area contributed by atoms with Crippen LogP contribution in [0.2, 0.25) is 0 Å². The zero-order chi connectivity index (χ0) is 55.7. The van der Waals surface area contributed by atoms with E-state index in [4.69, 9.17) is 9.60 Å². The van der Waals surface area contributed by atoms with Crippen molar-refractivity contribution in [2.75, 3.05) is 0 Å². The van der Waals surface area contributed by atoms with E-state index in [1.54, 1.807) is 66.7 Å². The minimum absolute atomic E-state index is 0.142. The Labute approximate surface area is 359 Å². The molecule has 3 heterocycles. The molecule has 0 saturated carbocycles. The number of fused-ring (bicyclic) bond motifs is 9. The molecule has 0 unspecified atom stereocenters. The van der Waals surface area contributed by atoms with Gasteiger partial charge in [0.1, 0.15) is 0 Å². The molecule has 0 amide bonds. The molecule has 0 aliphatic rings. The van der Waals surface area contributed by atoms with E-state index in [0.717, 1.165) is 4.57 Å². The maximum atomic E-state index is 10.1. The molecule has 3 nitrogen and oxygen atoms in total. The zero-order valence-corrected chi connectivity index (χ0v) is 29.4. The highest BCUT2D eigenvalue weighted by molar-refractivity contribution is 6.16. The lowest BCUT2D eigenvalue weighted by Crippen LogP contribution is -2.00. The smallest absolute Gasteiger partial charge is 0.0782 e. The standard InChI is InChI=1S/C54H35N3/c1-3-16-36(17-4-1)40-20-7-11-25-47(40)56-49-27-13-9-22-42(49)45-34-37(30-32-51(45)56)38-31-33-52-46(35-38)43-23-10-14-28-50(43)57(52)53-29-15-24-44-41-21-8-12-26-48(41)55(54(44)53)39-18-5-2-6-19-39/h1-35H/i8D,9D,10D,12D,13D,14D,15D,21D,22D,23D,24D,26D,27D,28D,29D,30D,31D,32D,33D,34D,35D. The molecule has 0 saturated heterocycles. The van der Waals surface area contributed by atoms with Crippen molar-refractivity contribution in [2.24, 2.45) is 0 Å². The van der Waals surface area contributed by atoms with Crippen LogP contribution in [0.15, 0.2) is 212 Å². The summed E-state index contributed by atoms with van der Waals surface area (Å²) in [6.07, 6.45) is 0. The fraction of sp³-hybridized carbons (Fsp3) is 0. The first kappa shape index (κ1) is 17.5. The highest BCUT2D eigenvalue weighted by Crippen LogP contribution is 2.42. The summed E-state index contributed by atoms with van der Waals surface area (Å²) in [4.78, 5) is 0. The van der Waals surface area contributed by atoms with Gasteiger partial charge in [-0.3, -0.25) is 0 Å². The van der Waals surface area contributed by atoms with Crippen LogP contribution in [-0.2, 0) is 0 Å². The minimum Gasteiger partial charge on any atom is -0.309 e. The molecular formula is C54H35N3. The molecule has 0 aliphatic heterocycles. The molecule has 266 valence electrons. The highest BCUT2D eigenvalue weighted by Gasteiger charge is 2.21. The first-order chi connectivity index (χ1) is 37.1. The van der Waals surface area contributed by atoms with Gasteiger partial charge in [-0.25, -0.2) is 0 Å². The minimum atomic E-state index is -0.873. The number of benzene rings is 9. The number of aromatic nitrogens is 3. The fourth-order valence-corrected chi connectivity index (χ4v) is 7.83. The summed E-state index contributed by atoms with van der Waals surface area (Å²) in [7, 11) is 0. The molecular weight excluding hydrogens is 691 g/mol. The first-order valence-electron chi connectivity index (χ1n) is 28.4. The summed E-state index contributed by atoms with van der Waals surface area (Å²) in [5.74, 6) is 0. The van der Waals surface area contributed by atoms with Crippen molar-refractivity contribution in [3.05, 3.63) is 212 Å². The van der Waals surface area contributed by atoms with Crippen LogP contribution >= 0.6 is 0 Å². The average molecular weight is 747 g/mol. The van der Waals surface area contributed by atoms with E-state index in [1.165, 1.54) is 9.13 Å². The number of para-hydroxylation sites is 6. The van der Waals surface area contributed by atoms with Crippen LogP contribution in [0.5, 0.6) is 0 Å². The Morgan fingerprint density at radius 2 is 0.789 bits per heavy atom. The van der Waals surface area contributed by atoms with Crippen molar-refractivity contribution < 1.29 is 28.8 Å². The molecule has 0 radical (unpaired) electrons. The SMILES string of the molecule is [2H]c1c([2H])c([2H])c2c(c1[2H])c1c([2H])c([2H])c([2H])c(-n3c4c([2H])c([2H])c([2H])c([2H])c4c4c([2H])c(-c5c([2H])c([2H])c6c(c5[2H])c5c([2H])c([2H])c([2H])c([2H])c5n6-c5ccccc5-c5ccccc5)c([2H])c([2H])c43)c1n2-c1ccccc1. The molecule has 0 fully saturated rings. The lowest BCUT2D eigenvalue weighted by atomic mass is 10.0. The number of rotatable bonds is 5. The Balaban J connectivity index is 1.29. The van der Waals surface area contributed by atoms with Gasteiger partial charge in [-0.2, -0.15) is 0 Å². The normalized spacial score (nSPS) is 17.0. The number of hydrogen-bond acceptors (Lipinski definition) is 0. The lowest BCUT2D eigenvalue weighted by molar-refractivity contribution is 1.13. The van der Waals surface area contributed by atoms with Crippen molar-refractivity contribution >= 4 is 65.4 Å². The third-order valence-corrected chi connectivity index (χ3v) is 10.2. The summed E-state index contributed by atoms with van der Waals surface area (Å²) < 4.78 is 200. The monoisotopic (exact) mass is 746 g/mol. The first-order valence-corrected chi connectivity index (χ1v) is 17.9. The molecule has 0 bridgehead atoms. The molecule has 3 heteroatoms. The van der Waals surface area contributed by atoms with Gasteiger partial charge in [-0.15, -0.1) is 0 Å². The largest absolute Gasteiger partial charge is 0.309 e. The quantitative estimate of drug-likeness (QED) is 0.167. The van der Waals surface area contributed by atoms with E-state index in [-0.39, 0.29) is 49.3 Å². The van der Waals surface area contributed by atoms with Gasteiger partial charge >= 0.3 is 0 Å². The highest BCUT2D eigenvalue weighted by atomic mass is 15.1. The van der Waals surface area contributed by atoms with Gasteiger partial charge in [0.25, 0.3) is 0 Å². The van der Waals surface area contributed by atoms with E-state index in [2.05, 4.69) is 0 Å². The molecule has 12 aromatic rings. The maximum absolute atomic E-state index is 10.1. The van der Waals surface area contributed by atoms with Gasteiger partial charge in [0.2, 0.25) is 0 Å². The topological polar surface area (TPSA) is 14.8 Å². The van der Waals surface area contributed by atoms with Crippen LogP contribution < -0.4 is 0 Å². The van der Waals surface area contributed by atoms with Crippen LogP contribution in [0.4, 0.5) is 0 Å². The van der Waals surface area contributed by atoms with E-state index >= 15 is 0 Å². The van der Waals surface area contributed by atoms with Gasteiger partial charge in [-0.05, 0) is 83.2 Å². The van der Waals surface area contributed by atoms with Gasteiger partial charge in [0, 0.05) is 43.6 Å². The van der Waals surface area contributed by atoms with Crippen molar-refractivity contribution in [2.45, 2.75) is 0 Å². The molecule has 0 atom stereocenters. The Morgan fingerprint density at radius 1 is 0.316 bits per heavy atom. The summed E-state index contributed by atoms with van der Waals surface area (Å²) in [6, 6.07) is 9.20. The second-order valence-electron chi connectivity index (χ2n) is 13.3. The Morgan fingerprint density at radius 3 is 1.42 bits per heavy atom. The molecule has 0 N–H and O–H groups in total. The summed E-state index contributed by atoms with van der Waals surface area (Å²) >= 11 is 0. The Hall–Kier alpha value is -7.62. The summed E-state index contributed by atoms with van der Waals surface area (Å²) in [6.45, 7) is 0. The molecule has 12 rings (SSSR count). The van der Waals surface area contributed by atoms with Gasteiger partial charge in [0.05, 0.1) is 73.3 Å². The van der Waals surface area contributed by atoms with Gasteiger partial charge < -0.3 is 13.7 Å². The second kappa shape index (κ2) is 12.5. The van der Waals surface area contributed by atoms with Crippen LogP contribution in [0.25, 0.3) is 105 Å². The molecule has 57 heavy (non-hydrogen) atoms. The van der Waals surface area contributed by atoms with Crippen molar-refractivity contribution in [1.82, 2.24) is 13.7 Å². The Kier molecular flexibility index (Phi) is 3.81. The Bertz CT molecular complexity index is 4740. The summed E-state index contributed by atoms with van der Waals surface area (Å²) in [5, 5.41) is -1.86. The average Bonchev–Trinajstić information content (AvgIpc) is 4.20. The van der Waals surface area contributed by atoms with Crippen LogP contribution in [-0.4, -0.2) is 13.7 Å². The van der Waals surface area contributed by atoms with E-state index in [0.29, 0.717) is 16.8 Å².